The van der Waals surface area contributed by atoms with Crippen molar-refractivity contribution >= 4 is 0 Å². The van der Waals surface area contributed by atoms with E-state index < -0.39 is 0 Å². The predicted molar refractivity (Wildman–Crippen MR) is 50.2 cm³/mol. The Morgan fingerprint density at radius 1 is 0.700 bits per heavy atom. The molecule has 0 nitrogen and oxygen atoms in total. The standard InChI is InChI=1S/C6H12.C4H8/c1-5(2)6(3)4;1-4(2)3/h1-4H3;1H2,2-3H3. The summed E-state index contributed by atoms with van der Waals surface area (Å²) >= 11 is 0. The van der Waals surface area contributed by atoms with Crippen LogP contribution >= 0.6 is 0 Å². The monoisotopic (exact) mass is 140 g/mol. The van der Waals surface area contributed by atoms with Crippen molar-refractivity contribution in [2.45, 2.75) is 41.5 Å². The fourth-order valence-electron chi connectivity index (χ4n) is 0. The highest BCUT2D eigenvalue weighted by Gasteiger charge is 1.75. The molecule has 0 rings (SSSR count). The van der Waals surface area contributed by atoms with Crippen LogP contribution in [0.4, 0.5) is 0 Å². The lowest BCUT2D eigenvalue weighted by atomic mass is 10.2. The molecule has 10 heavy (non-hydrogen) atoms. The summed E-state index contributed by atoms with van der Waals surface area (Å²) in [4.78, 5) is 0. The van der Waals surface area contributed by atoms with Crippen LogP contribution in [-0.4, -0.2) is 0 Å². The maximum absolute atomic E-state index is 3.56. The average molecular weight is 140 g/mol. The Bertz CT molecular complexity index is 105. The predicted octanol–water partition coefficient (Wildman–Crippen LogP) is 3.95. The summed E-state index contributed by atoms with van der Waals surface area (Å²) in [6, 6.07) is 0. The maximum Gasteiger partial charge on any atom is -0.0440 e. The molecule has 0 N–H and O–H groups in total. The fraction of sp³-hybridized carbons (Fsp3) is 0.600. The van der Waals surface area contributed by atoms with E-state index in [2.05, 4.69) is 34.3 Å². The van der Waals surface area contributed by atoms with Crippen LogP contribution in [0.15, 0.2) is 23.3 Å². The van der Waals surface area contributed by atoms with Gasteiger partial charge in [-0.2, -0.15) is 0 Å². The van der Waals surface area contributed by atoms with Gasteiger partial charge in [0.1, 0.15) is 0 Å². The van der Waals surface area contributed by atoms with E-state index in [4.69, 9.17) is 0 Å². The molecule has 60 valence electrons. The number of hydrogen-bond acceptors (Lipinski definition) is 0. The van der Waals surface area contributed by atoms with Crippen molar-refractivity contribution in [3.05, 3.63) is 23.3 Å². The lowest BCUT2D eigenvalue weighted by molar-refractivity contribution is 1.23. The molecule has 0 spiro atoms. The van der Waals surface area contributed by atoms with Gasteiger partial charge in [-0.3, -0.25) is 0 Å². The van der Waals surface area contributed by atoms with E-state index in [0.29, 0.717) is 0 Å². The van der Waals surface area contributed by atoms with Gasteiger partial charge in [-0.05, 0) is 41.5 Å². The molecule has 0 aliphatic rings. The van der Waals surface area contributed by atoms with Gasteiger partial charge in [0.15, 0.2) is 0 Å². The van der Waals surface area contributed by atoms with E-state index in [0.717, 1.165) is 0 Å². The molecule has 0 aliphatic heterocycles. The zero-order valence-corrected chi connectivity index (χ0v) is 8.21. The Hall–Kier alpha value is -0.520. The summed E-state index contributed by atoms with van der Waals surface area (Å²) in [5, 5.41) is 0. The van der Waals surface area contributed by atoms with Gasteiger partial charge in [0.2, 0.25) is 0 Å². The Morgan fingerprint density at radius 3 is 0.800 bits per heavy atom. The van der Waals surface area contributed by atoms with E-state index in [1.807, 2.05) is 13.8 Å². The molecular formula is C10H20. The van der Waals surface area contributed by atoms with E-state index in [-0.39, 0.29) is 0 Å². The smallest absolute Gasteiger partial charge is 0.0440 e. The molecule has 0 bridgehead atoms. The van der Waals surface area contributed by atoms with E-state index in [9.17, 15) is 0 Å². The third kappa shape index (κ3) is 25.9. The van der Waals surface area contributed by atoms with Crippen molar-refractivity contribution in [1.82, 2.24) is 0 Å². The Labute approximate surface area is 65.7 Å². The minimum Gasteiger partial charge on any atom is -0.100 e. The first-order valence-corrected chi connectivity index (χ1v) is 3.60. The average Bonchev–Trinajstić information content (AvgIpc) is 1.63. The highest BCUT2D eigenvalue weighted by atomic mass is 13.8. The van der Waals surface area contributed by atoms with Crippen LogP contribution in [0, 0.1) is 0 Å². The first-order valence-electron chi connectivity index (χ1n) is 3.60. The summed E-state index contributed by atoms with van der Waals surface area (Å²) in [6.45, 7) is 16.0. The Kier molecular flexibility index (Phi) is 8.04. The van der Waals surface area contributed by atoms with Crippen LogP contribution in [0.1, 0.15) is 41.5 Å². The van der Waals surface area contributed by atoms with Gasteiger partial charge in [0.25, 0.3) is 0 Å². The second-order valence-electron chi connectivity index (χ2n) is 3.21. The number of hydrogen-bond donors (Lipinski definition) is 0. The summed E-state index contributed by atoms with van der Waals surface area (Å²) in [5.74, 6) is 0. The lowest BCUT2D eigenvalue weighted by Gasteiger charge is -1.88. The van der Waals surface area contributed by atoms with E-state index in [1.165, 1.54) is 16.7 Å². The molecule has 0 heteroatoms. The van der Waals surface area contributed by atoms with Gasteiger partial charge in [-0.15, -0.1) is 6.58 Å². The van der Waals surface area contributed by atoms with Crippen LogP contribution < -0.4 is 0 Å². The third-order valence-corrected chi connectivity index (χ3v) is 1.00. The second-order valence-corrected chi connectivity index (χ2v) is 3.21. The van der Waals surface area contributed by atoms with Gasteiger partial charge in [-0.1, -0.05) is 16.7 Å². The second kappa shape index (κ2) is 6.60. The molecule has 0 atom stereocenters. The van der Waals surface area contributed by atoms with E-state index in [1.54, 1.807) is 0 Å². The van der Waals surface area contributed by atoms with Crippen molar-refractivity contribution < 1.29 is 0 Å². The van der Waals surface area contributed by atoms with Crippen molar-refractivity contribution in [3.8, 4) is 0 Å². The molecule has 0 aliphatic carbocycles. The zero-order chi connectivity index (χ0) is 8.73. The van der Waals surface area contributed by atoms with Crippen molar-refractivity contribution in [2.24, 2.45) is 0 Å². The molecular weight excluding hydrogens is 120 g/mol. The van der Waals surface area contributed by atoms with E-state index >= 15 is 0 Å². The van der Waals surface area contributed by atoms with Gasteiger partial charge >= 0.3 is 0 Å². The van der Waals surface area contributed by atoms with Crippen LogP contribution in [0.25, 0.3) is 0 Å². The minimum atomic E-state index is 1.17. The Balaban J connectivity index is 0. The molecule has 0 heterocycles. The summed E-state index contributed by atoms with van der Waals surface area (Å²) < 4.78 is 0. The van der Waals surface area contributed by atoms with Crippen molar-refractivity contribution in [1.29, 1.82) is 0 Å². The summed E-state index contributed by atoms with van der Waals surface area (Å²) in [5.41, 5.74) is 4.02. The van der Waals surface area contributed by atoms with Crippen molar-refractivity contribution in [2.75, 3.05) is 0 Å². The quantitative estimate of drug-likeness (QED) is 0.447. The van der Waals surface area contributed by atoms with Crippen LogP contribution in [0.5, 0.6) is 0 Å². The molecule has 0 saturated carbocycles. The maximum atomic E-state index is 3.56. The lowest BCUT2D eigenvalue weighted by Crippen LogP contribution is -1.66. The van der Waals surface area contributed by atoms with Crippen LogP contribution in [-0.2, 0) is 0 Å². The van der Waals surface area contributed by atoms with Gasteiger partial charge < -0.3 is 0 Å². The molecule has 0 unspecified atom stereocenters. The highest BCUT2D eigenvalue weighted by molar-refractivity contribution is 5.02. The SMILES string of the molecule is C=C(C)C.CC(C)=C(C)C. The first-order chi connectivity index (χ1) is 4.37. The van der Waals surface area contributed by atoms with Gasteiger partial charge in [0, 0.05) is 0 Å². The van der Waals surface area contributed by atoms with Crippen LogP contribution in [0.3, 0.4) is 0 Å². The Morgan fingerprint density at radius 2 is 0.800 bits per heavy atom. The van der Waals surface area contributed by atoms with Crippen LogP contribution in [0.2, 0.25) is 0 Å². The fourth-order valence-corrected chi connectivity index (χ4v) is 0. The third-order valence-electron chi connectivity index (χ3n) is 1.00. The molecule has 0 aromatic carbocycles. The first kappa shape index (κ1) is 12.2. The topological polar surface area (TPSA) is 0 Å². The van der Waals surface area contributed by atoms with Crippen molar-refractivity contribution in [3.63, 3.8) is 0 Å². The normalized spacial score (nSPS) is 7.40. The summed E-state index contributed by atoms with van der Waals surface area (Å²) in [6.07, 6.45) is 0. The van der Waals surface area contributed by atoms with Gasteiger partial charge in [-0.25, -0.2) is 0 Å². The molecule has 0 fully saturated rings. The largest absolute Gasteiger partial charge is 0.100 e. The number of rotatable bonds is 0. The molecule has 0 aromatic heterocycles. The zero-order valence-electron chi connectivity index (χ0n) is 8.21. The number of allylic oxidation sites excluding steroid dienone is 3. The summed E-state index contributed by atoms with van der Waals surface area (Å²) in [7, 11) is 0. The molecule has 0 amide bonds. The molecule has 0 aromatic rings. The van der Waals surface area contributed by atoms with Gasteiger partial charge in [0.05, 0.1) is 0 Å². The highest BCUT2D eigenvalue weighted by Crippen LogP contribution is 1.96. The molecule has 0 radical (unpaired) electrons. The minimum absolute atomic E-state index is 1.17. The molecule has 0 saturated heterocycles.